The van der Waals surface area contributed by atoms with Crippen LogP contribution in [0.3, 0.4) is 0 Å². The number of amides is 2. The summed E-state index contributed by atoms with van der Waals surface area (Å²) in [7, 11) is 0. The molecule has 34 heavy (non-hydrogen) atoms. The van der Waals surface area contributed by atoms with Crippen molar-refractivity contribution >= 4 is 34.2 Å². The number of hydrogen-bond acceptors (Lipinski definition) is 4. The zero-order chi connectivity index (χ0) is 24.4. The van der Waals surface area contributed by atoms with E-state index in [-0.39, 0.29) is 17.3 Å². The maximum Gasteiger partial charge on any atom is 0.255 e. The number of aromatic amines is 2. The first-order chi connectivity index (χ1) is 16.1. The number of nitrogens with one attached hydrogen (secondary N) is 3. The Kier molecular flexibility index (Phi) is 4.74. The van der Waals surface area contributed by atoms with E-state index >= 15 is 0 Å². The number of anilines is 2. The van der Waals surface area contributed by atoms with Crippen molar-refractivity contribution in [3.05, 3.63) is 59.0 Å². The standard InChI is InChI=1S/C23H19F3N6O2/c1-4-32-17-8-15-14(7-11(17)23(2,3)22(32)34)28-20(29-15)19-16(9-27-31-19)30-21(33)10-5-12(24)18(26)13(25)6-10/h5-9H,4H2,1-3H3,(H,27,31)(H,28,29)(H,30,33). The number of imidazole rings is 1. The van der Waals surface area contributed by atoms with E-state index in [0.717, 1.165) is 11.3 Å². The lowest BCUT2D eigenvalue weighted by atomic mass is 9.86. The van der Waals surface area contributed by atoms with E-state index in [2.05, 4.69) is 25.5 Å². The van der Waals surface area contributed by atoms with Gasteiger partial charge in [0.05, 0.1) is 27.8 Å². The van der Waals surface area contributed by atoms with Gasteiger partial charge in [0, 0.05) is 18.3 Å². The molecule has 2 amide bonds. The second-order valence-corrected chi connectivity index (χ2v) is 8.50. The molecule has 3 N–H and O–H groups in total. The zero-order valence-electron chi connectivity index (χ0n) is 18.4. The molecule has 8 nitrogen and oxygen atoms in total. The molecule has 1 aliphatic rings. The first-order valence-electron chi connectivity index (χ1n) is 10.5. The van der Waals surface area contributed by atoms with Gasteiger partial charge in [-0.1, -0.05) is 0 Å². The van der Waals surface area contributed by atoms with E-state index in [1.54, 1.807) is 4.90 Å². The molecule has 0 atom stereocenters. The minimum Gasteiger partial charge on any atom is -0.337 e. The molecule has 0 aliphatic carbocycles. The molecule has 4 aromatic rings. The molecule has 0 bridgehead atoms. The van der Waals surface area contributed by atoms with Crippen molar-refractivity contribution in [3.63, 3.8) is 0 Å². The van der Waals surface area contributed by atoms with Crippen LogP contribution in [0.5, 0.6) is 0 Å². The quantitative estimate of drug-likeness (QED) is 0.389. The molecular formula is C23H19F3N6O2. The van der Waals surface area contributed by atoms with Gasteiger partial charge in [-0.25, -0.2) is 18.2 Å². The molecule has 2 aromatic carbocycles. The van der Waals surface area contributed by atoms with E-state index in [0.29, 0.717) is 35.5 Å². The Morgan fingerprint density at radius 2 is 1.85 bits per heavy atom. The number of hydrogen-bond donors (Lipinski definition) is 3. The topological polar surface area (TPSA) is 107 Å². The average molecular weight is 468 g/mol. The summed E-state index contributed by atoms with van der Waals surface area (Å²) in [5.74, 6) is -5.09. The molecule has 0 saturated carbocycles. The van der Waals surface area contributed by atoms with Crippen molar-refractivity contribution in [2.24, 2.45) is 0 Å². The van der Waals surface area contributed by atoms with Crippen molar-refractivity contribution < 1.29 is 22.8 Å². The third kappa shape index (κ3) is 3.15. The summed E-state index contributed by atoms with van der Waals surface area (Å²) in [6.07, 6.45) is 1.39. The van der Waals surface area contributed by atoms with Crippen molar-refractivity contribution in [1.29, 1.82) is 0 Å². The normalized spacial score (nSPS) is 14.6. The Hall–Kier alpha value is -4.15. The number of benzene rings is 2. The lowest BCUT2D eigenvalue weighted by Crippen LogP contribution is -2.35. The number of fused-ring (bicyclic) bond motifs is 2. The molecule has 174 valence electrons. The molecule has 1 aliphatic heterocycles. The van der Waals surface area contributed by atoms with Crippen LogP contribution in [0.4, 0.5) is 24.5 Å². The third-order valence-electron chi connectivity index (χ3n) is 6.02. The molecule has 5 rings (SSSR count). The van der Waals surface area contributed by atoms with Gasteiger partial charge in [0.2, 0.25) is 5.91 Å². The number of rotatable bonds is 4. The van der Waals surface area contributed by atoms with Gasteiger partial charge in [-0.15, -0.1) is 0 Å². The van der Waals surface area contributed by atoms with Crippen LogP contribution in [0.15, 0.2) is 30.5 Å². The van der Waals surface area contributed by atoms with E-state index < -0.39 is 34.3 Å². The molecule has 0 fully saturated rings. The fraction of sp³-hybridized carbons (Fsp3) is 0.217. The predicted octanol–water partition coefficient (Wildman–Crippen LogP) is 4.27. The van der Waals surface area contributed by atoms with Gasteiger partial charge >= 0.3 is 0 Å². The minimum atomic E-state index is -1.65. The first-order valence-corrected chi connectivity index (χ1v) is 10.5. The third-order valence-corrected chi connectivity index (χ3v) is 6.02. The molecule has 0 unspecified atom stereocenters. The summed E-state index contributed by atoms with van der Waals surface area (Å²) in [6.45, 7) is 6.17. The Morgan fingerprint density at radius 3 is 2.53 bits per heavy atom. The smallest absolute Gasteiger partial charge is 0.255 e. The Bertz CT molecular complexity index is 1470. The Morgan fingerprint density at radius 1 is 1.15 bits per heavy atom. The molecule has 0 radical (unpaired) electrons. The monoisotopic (exact) mass is 468 g/mol. The van der Waals surface area contributed by atoms with E-state index in [1.807, 2.05) is 32.9 Å². The van der Waals surface area contributed by atoms with Gasteiger partial charge in [0.25, 0.3) is 5.91 Å². The number of carbonyl (C=O) groups is 2. The molecule has 11 heteroatoms. The second kappa shape index (κ2) is 7.44. The summed E-state index contributed by atoms with van der Waals surface area (Å²) in [6, 6.07) is 4.93. The minimum absolute atomic E-state index is 0.0174. The van der Waals surface area contributed by atoms with Gasteiger partial charge in [-0.3, -0.25) is 14.7 Å². The van der Waals surface area contributed by atoms with Crippen molar-refractivity contribution in [1.82, 2.24) is 20.2 Å². The highest BCUT2D eigenvalue weighted by Crippen LogP contribution is 2.43. The van der Waals surface area contributed by atoms with Crippen LogP contribution in [0.1, 0.15) is 36.7 Å². The maximum atomic E-state index is 13.5. The van der Waals surface area contributed by atoms with Crippen LogP contribution in [-0.4, -0.2) is 38.5 Å². The predicted molar refractivity (Wildman–Crippen MR) is 119 cm³/mol. The SMILES string of the molecule is CCN1C(=O)C(C)(C)c2cc3[nH]c(-c4n[nH]cc4NC(=O)c4cc(F)c(F)c(F)c4)nc3cc21. The number of aromatic nitrogens is 4. The summed E-state index contributed by atoms with van der Waals surface area (Å²) in [5.41, 5.74) is 2.32. The highest BCUT2D eigenvalue weighted by molar-refractivity contribution is 6.09. The fourth-order valence-electron chi connectivity index (χ4n) is 4.20. The van der Waals surface area contributed by atoms with Crippen LogP contribution < -0.4 is 10.2 Å². The number of halogens is 3. The van der Waals surface area contributed by atoms with Crippen molar-refractivity contribution in [2.45, 2.75) is 26.2 Å². The van der Waals surface area contributed by atoms with Crippen molar-refractivity contribution in [2.75, 3.05) is 16.8 Å². The van der Waals surface area contributed by atoms with Gasteiger partial charge in [0.1, 0.15) is 0 Å². The summed E-state index contributed by atoms with van der Waals surface area (Å²) < 4.78 is 40.3. The van der Waals surface area contributed by atoms with Gasteiger partial charge in [-0.05, 0) is 50.6 Å². The first kappa shape index (κ1) is 21.7. The van der Waals surface area contributed by atoms with E-state index in [4.69, 9.17) is 0 Å². The maximum absolute atomic E-state index is 13.5. The second-order valence-electron chi connectivity index (χ2n) is 8.50. The Balaban J connectivity index is 1.50. The van der Waals surface area contributed by atoms with Gasteiger partial charge < -0.3 is 15.2 Å². The van der Waals surface area contributed by atoms with Gasteiger partial charge in [0.15, 0.2) is 29.0 Å². The summed E-state index contributed by atoms with van der Waals surface area (Å²) in [5, 5.41) is 9.25. The largest absolute Gasteiger partial charge is 0.337 e. The van der Waals surface area contributed by atoms with Crippen molar-refractivity contribution in [3.8, 4) is 11.5 Å². The number of H-pyrrole nitrogens is 2. The lowest BCUT2D eigenvalue weighted by molar-refractivity contribution is -0.122. The fourth-order valence-corrected chi connectivity index (χ4v) is 4.20. The highest BCUT2D eigenvalue weighted by Gasteiger charge is 2.43. The van der Waals surface area contributed by atoms with Crippen LogP contribution >= 0.6 is 0 Å². The van der Waals surface area contributed by atoms with Crippen LogP contribution in [0.25, 0.3) is 22.6 Å². The van der Waals surface area contributed by atoms with Crippen LogP contribution in [-0.2, 0) is 10.2 Å². The summed E-state index contributed by atoms with van der Waals surface area (Å²) in [4.78, 5) is 34.7. The zero-order valence-corrected chi connectivity index (χ0v) is 18.4. The summed E-state index contributed by atoms with van der Waals surface area (Å²) >= 11 is 0. The van der Waals surface area contributed by atoms with Crippen LogP contribution in [0.2, 0.25) is 0 Å². The number of likely N-dealkylation sites (N-methyl/N-ethyl adjacent to an activating group) is 1. The van der Waals surface area contributed by atoms with Crippen LogP contribution in [0, 0.1) is 17.5 Å². The van der Waals surface area contributed by atoms with E-state index in [9.17, 15) is 22.8 Å². The van der Waals surface area contributed by atoms with Gasteiger partial charge in [-0.2, -0.15) is 5.10 Å². The molecule has 2 aromatic heterocycles. The van der Waals surface area contributed by atoms with E-state index in [1.165, 1.54) is 6.20 Å². The molecule has 0 spiro atoms. The number of carbonyl (C=O) groups excluding carboxylic acids is 2. The lowest BCUT2D eigenvalue weighted by Gasteiger charge is -2.18. The Labute approximate surface area is 191 Å². The molecule has 0 saturated heterocycles. The highest BCUT2D eigenvalue weighted by atomic mass is 19.2. The molecular weight excluding hydrogens is 449 g/mol. The average Bonchev–Trinajstić information content (AvgIpc) is 3.46. The molecule has 3 heterocycles. The number of nitrogens with zero attached hydrogens (tertiary/aromatic N) is 3.